The zero-order valence-corrected chi connectivity index (χ0v) is 8.65. The molecule has 1 aliphatic carbocycles. The van der Waals surface area contributed by atoms with E-state index in [9.17, 15) is 0 Å². The smallest absolute Gasteiger partial charge is 0.149 e. The van der Waals surface area contributed by atoms with E-state index >= 15 is 0 Å². The largest absolute Gasteiger partial charge is 0.377 e. The second-order valence-corrected chi connectivity index (χ2v) is 4.06. The number of rotatable bonds is 0. The molecule has 0 N–H and O–H groups in total. The predicted octanol–water partition coefficient (Wildman–Crippen LogP) is -0.414. The van der Waals surface area contributed by atoms with Crippen LogP contribution in [0.15, 0.2) is 0 Å². The normalized spacial score (nSPS) is 46.4. The van der Waals surface area contributed by atoms with Crippen molar-refractivity contribution in [3.8, 4) is 0 Å². The summed E-state index contributed by atoms with van der Waals surface area (Å²) in [4.78, 5) is 0. The van der Waals surface area contributed by atoms with Gasteiger partial charge in [-0.15, -0.1) is 0 Å². The predicted molar refractivity (Wildman–Crippen MR) is 49.8 cm³/mol. The van der Waals surface area contributed by atoms with Crippen molar-refractivity contribution in [3.05, 3.63) is 0 Å². The van der Waals surface area contributed by atoms with Gasteiger partial charge in [-0.3, -0.25) is 0 Å². The van der Waals surface area contributed by atoms with Crippen molar-refractivity contribution in [2.45, 2.75) is 17.8 Å². The van der Waals surface area contributed by atoms with E-state index in [1.54, 1.807) is 0 Å². The fourth-order valence-electron chi connectivity index (χ4n) is 1.95. The SMILES string of the molecule is C1COCCOC2(COCCO1)C1OC12. The number of fused-ring (bicyclic) bond motifs is 3. The van der Waals surface area contributed by atoms with E-state index in [2.05, 4.69) is 0 Å². The maximum Gasteiger partial charge on any atom is 0.149 e. The van der Waals surface area contributed by atoms with Crippen LogP contribution in [0.3, 0.4) is 0 Å². The minimum atomic E-state index is -0.150. The van der Waals surface area contributed by atoms with Gasteiger partial charge in [0.15, 0.2) is 0 Å². The Balaban J connectivity index is 1.48. The molecule has 2 saturated heterocycles. The number of ether oxygens (including phenoxy) is 5. The van der Waals surface area contributed by atoms with E-state index in [1.165, 1.54) is 0 Å². The highest BCUT2D eigenvalue weighted by Gasteiger charge is 2.82. The first-order valence-corrected chi connectivity index (χ1v) is 5.46. The molecule has 0 radical (unpaired) electrons. The molecule has 1 spiro atoms. The highest BCUT2D eigenvalue weighted by Crippen LogP contribution is 2.59. The topological polar surface area (TPSA) is 49.5 Å². The van der Waals surface area contributed by atoms with Gasteiger partial charge in [-0.25, -0.2) is 0 Å². The van der Waals surface area contributed by atoms with Gasteiger partial charge in [-0.1, -0.05) is 0 Å². The van der Waals surface area contributed by atoms with Crippen molar-refractivity contribution in [1.82, 2.24) is 0 Å². The zero-order valence-electron chi connectivity index (χ0n) is 8.65. The molecule has 0 aromatic heterocycles. The first-order valence-electron chi connectivity index (χ1n) is 5.46. The van der Waals surface area contributed by atoms with Crippen LogP contribution >= 0.6 is 0 Å². The van der Waals surface area contributed by atoms with E-state index in [-0.39, 0.29) is 17.8 Å². The van der Waals surface area contributed by atoms with Gasteiger partial charge < -0.3 is 23.7 Å². The molecule has 2 heterocycles. The summed E-state index contributed by atoms with van der Waals surface area (Å²) in [6.07, 6.45) is 0.558. The first kappa shape index (κ1) is 9.99. The Kier molecular flexibility index (Phi) is 2.66. The molecule has 3 aliphatic rings. The van der Waals surface area contributed by atoms with E-state index in [1.807, 2.05) is 0 Å². The fraction of sp³-hybridized carbons (Fsp3) is 1.00. The van der Waals surface area contributed by atoms with Crippen LogP contribution in [-0.4, -0.2) is 64.1 Å². The molecule has 2 atom stereocenters. The standard InChI is InChI=1S/C10H16O5/c1-2-12-5-6-14-10(8-9(10)15-8)7-13-4-3-11-1/h8-9H,1-7H2. The van der Waals surface area contributed by atoms with Gasteiger partial charge in [0.1, 0.15) is 17.8 Å². The lowest BCUT2D eigenvalue weighted by atomic mass is 10.3. The summed E-state index contributed by atoms with van der Waals surface area (Å²) >= 11 is 0. The highest BCUT2D eigenvalue weighted by atomic mass is 16.7. The minimum Gasteiger partial charge on any atom is -0.377 e. The maximum atomic E-state index is 5.76. The third kappa shape index (κ3) is 1.90. The average Bonchev–Trinajstić information content (AvgIpc) is 3.07. The van der Waals surface area contributed by atoms with E-state index < -0.39 is 0 Å². The van der Waals surface area contributed by atoms with Gasteiger partial charge in [0, 0.05) is 0 Å². The Hall–Kier alpha value is -0.200. The van der Waals surface area contributed by atoms with E-state index in [0.717, 1.165) is 0 Å². The molecule has 0 aromatic carbocycles. The molecule has 3 rings (SSSR count). The molecule has 5 nitrogen and oxygen atoms in total. The Labute approximate surface area is 88.6 Å². The highest BCUT2D eigenvalue weighted by molar-refractivity contribution is 5.29. The molecule has 0 amide bonds. The molecule has 0 aromatic rings. The molecule has 15 heavy (non-hydrogen) atoms. The van der Waals surface area contributed by atoms with Crippen LogP contribution in [0.5, 0.6) is 0 Å². The van der Waals surface area contributed by atoms with Gasteiger partial charge in [0.25, 0.3) is 0 Å². The molecule has 2 unspecified atom stereocenters. The first-order chi connectivity index (χ1) is 7.43. The summed E-state index contributed by atoms with van der Waals surface area (Å²) < 4.78 is 27.2. The molecule has 3 fully saturated rings. The third-order valence-electron chi connectivity index (χ3n) is 3.02. The quantitative estimate of drug-likeness (QED) is 0.515. The Morgan fingerprint density at radius 2 is 1.33 bits per heavy atom. The van der Waals surface area contributed by atoms with E-state index in [0.29, 0.717) is 46.2 Å². The van der Waals surface area contributed by atoms with Crippen LogP contribution in [-0.2, 0) is 23.7 Å². The van der Waals surface area contributed by atoms with Crippen molar-refractivity contribution < 1.29 is 23.7 Å². The van der Waals surface area contributed by atoms with Gasteiger partial charge in [0.2, 0.25) is 0 Å². The van der Waals surface area contributed by atoms with Crippen molar-refractivity contribution in [1.29, 1.82) is 0 Å². The van der Waals surface area contributed by atoms with Crippen LogP contribution in [0, 0.1) is 0 Å². The number of hydrogen-bond donors (Lipinski definition) is 0. The lowest BCUT2D eigenvalue weighted by Crippen LogP contribution is -2.36. The molecular formula is C10H16O5. The van der Waals surface area contributed by atoms with Gasteiger partial charge >= 0.3 is 0 Å². The van der Waals surface area contributed by atoms with Crippen LogP contribution in [0.25, 0.3) is 0 Å². The second-order valence-electron chi connectivity index (χ2n) is 4.06. The van der Waals surface area contributed by atoms with Crippen LogP contribution < -0.4 is 0 Å². The van der Waals surface area contributed by atoms with Gasteiger partial charge in [-0.2, -0.15) is 0 Å². The summed E-state index contributed by atoms with van der Waals surface area (Å²) in [5.41, 5.74) is -0.150. The van der Waals surface area contributed by atoms with Crippen molar-refractivity contribution >= 4 is 0 Å². The minimum absolute atomic E-state index is 0.150. The fourth-order valence-corrected chi connectivity index (χ4v) is 1.95. The lowest BCUT2D eigenvalue weighted by molar-refractivity contribution is -0.129. The monoisotopic (exact) mass is 216 g/mol. The summed E-state index contributed by atoms with van der Waals surface area (Å²) in [5.74, 6) is 0. The van der Waals surface area contributed by atoms with Crippen LogP contribution in [0.4, 0.5) is 0 Å². The summed E-state index contributed by atoms with van der Waals surface area (Å²) in [5, 5.41) is 0. The molecule has 1 saturated carbocycles. The Bertz CT molecular complexity index is 210. The van der Waals surface area contributed by atoms with Crippen molar-refractivity contribution in [3.63, 3.8) is 0 Å². The van der Waals surface area contributed by atoms with Crippen molar-refractivity contribution in [2.24, 2.45) is 0 Å². The molecule has 5 heteroatoms. The average molecular weight is 216 g/mol. The maximum absolute atomic E-state index is 5.76. The molecule has 2 aliphatic heterocycles. The van der Waals surface area contributed by atoms with Crippen LogP contribution in [0.2, 0.25) is 0 Å². The van der Waals surface area contributed by atoms with E-state index in [4.69, 9.17) is 23.7 Å². The summed E-state index contributed by atoms with van der Waals surface area (Å²) in [6, 6.07) is 0. The molecule has 0 bridgehead atoms. The number of hydrogen-bond acceptors (Lipinski definition) is 5. The Morgan fingerprint density at radius 1 is 0.733 bits per heavy atom. The van der Waals surface area contributed by atoms with Crippen molar-refractivity contribution in [2.75, 3.05) is 46.2 Å². The second kappa shape index (κ2) is 3.99. The molecular weight excluding hydrogens is 200 g/mol. The Morgan fingerprint density at radius 3 is 1.93 bits per heavy atom. The summed E-state index contributed by atoms with van der Waals surface area (Å²) in [6.45, 7) is 4.33. The van der Waals surface area contributed by atoms with Gasteiger partial charge in [-0.05, 0) is 0 Å². The lowest BCUT2D eigenvalue weighted by Gasteiger charge is -2.22. The summed E-state index contributed by atoms with van der Waals surface area (Å²) in [7, 11) is 0. The van der Waals surface area contributed by atoms with Crippen LogP contribution in [0.1, 0.15) is 0 Å². The van der Waals surface area contributed by atoms with Gasteiger partial charge in [0.05, 0.1) is 46.2 Å². The number of epoxide rings is 1. The molecule has 86 valence electrons. The third-order valence-corrected chi connectivity index (χ3v) is 3.02. The zero-order chi connectivity index (χ0) is 10.1.